The lowest BCUT2D eigenvalue weighted by molar-refractivity contribution is -0.146. The van der Waals surface area contributed by atoms with E-state index in [1.807, 2.05) is 60.7 Å². The number of hydrogen-bond donors (Lipinski definition) is 2. The van der Waals surface area contributed by atoms with E-state index < -0.39 is 62.8 Å². The predicted molar refractivity (Wildman–Crippen MR) is 218 cm³/mol. The van der Waals surface area contributed by atoms with Crippen LogP contribution in [0.5, 0.6) is 11.5 Å². The molecule has 2 N–H and O–H groups in total. The van der Waals surface area contributed by atoms with Gasteiger partial charge in [0.1, 0.15) is 35.4 Å². The largest absolute Gasteiger partial charge is 0.497 e. The highest BCUT2D eigenvalue weighted by Gasteiger charge is 2.62. The Bertz CT molecular complexity index is 2230. The molecule has 0 unspecified atom stereocenters. The molecule has 3 aromatic rings. The maximum atomic E-state index is 14.8. The number of sulfonamides is 1. The molecule has 4 amide bonds. The molecule has 15 heteroatoms. The van der Waals surface area contributed by atoms with E-state index in [1.54, 1.807) is 18.1 Å². The highest BCUT2D eigenvalue weighted by Crippen LogP contribution is 2.46. The molecule has 4 heterocycles. The predicted octanol–water partition coefficient (Wildman–Crippen LogP) is 5.23. The monoisotopic (exact) mass is 829 g/mol. The van der Waals surface area contributed by atoms with Gasteiger partial charge in [-0.3, -0.25) is 23.9 Å². The summed E-state index contributed by atoms with van der Waals surface area (Å²) in [6.45, 7) is 0.598. The van der Waals surface area contributed by atoms with Gasteiger partial charge in [-0.25, -0.2) is 17.8 Å². The number of ether oxygens (including phenoxy) is 2. The van der Waals surface area contributed by atoms with Crippen LogP contribution < -0.4 is 19.5 Å². The molecule has 5 atom stereocenters. The number of piperidine rings is 1. The Labute approximate surface area is 344 Å². The van der Waals surface area contributed by atoms with Crippen molar-refractivity contribution < 1.29 is 41.5 Å². The number of alkyl halides is 1. The number of allylic oxidation sites excluding steroid dienone is 1. The number of nitrogens with zero attached hydrogens (tertiary/aromatic N) is 3. The molecule has 2 saturated carbocycles. The summed E-state index contributed by atoms with van der Waals surface area (Å²) >= 11 is 0. The third-order valence-corrected chi connectivity index (χ3v) is 14.3. The Hall–Kier alpha value is -5.05. The average Bonchev–Trinajstić information content (AvgIpc) is 4.16. The lowest BCUT2D eigenvalue weighted by Crippen LogP contribution is -2.57. The van der Waals surface area contributed by atoms with Crippen molar-refractivity contribution in [1.82, 2.24) is 24.8 Å². The second-order valence-corrected chi connectivity index (χ2v) is 18.7. The van der Waals surface area contributed by atoms with E-state index in [9.17, 15) is 32.0 Å². The van der Waals surface area contributed by atoms with Crippen molar-refractivity contribution in [2.45, 2.75) is 106 Å². The van der Waals surface area contributed by atoms with Crippen LogP contribution in [-0.4, -0.2) is 103 Å². The topological polar surface area (TPSA) is 164 Å². The van der Waals surface area contributed by atoms with Gasteiger partial charge in [0, 0.05) is 60.8 Å². The standard InChI is InChI=1S/C44H52FN5O8S/c1-57-32-14-17-35-37(23-32)46-36(28-10-7-5-8-11-28)25-39(35)58-33-24-38-41(52)47-44(43(54)48-59(55,56)34-15-16-34)26-30(44)13-9-4-2-3-6-12-29(42(53)50(38)27-33)22-40(51)49-20-18-31(45)19-21-49/h5,7-11,13-14,17,23,25,29-31,33-34,38H,2-4,6,12,15-16,18-22,24,26-27H2,1H3,(H,47,52)(H,48,54)/t29-,30-,33-,38+,44-/m1/s1. The summed E-state index contributed by atoms with van der Waals surface area (Å²) < 4.78 is 54.4. The van der Waals surface area contributed by atoms with Crippen molar-refractivity contribution in [2.24, 2.45) is 11.8 Å². The Morgan fingerprint density at radius 2 is 1.78 bits per heavy atom. The molecule has 0 radical (unpaired) electrons. The van der Waals surface area contributed by atoms with Gasteiger partial charge >= 0.3 is 0 Å². The number of hydrogen-bond acceptors (Lipinski definition) is 9. The number of pyridine rings is 1. The highest BCUT2D eigenvalue weighted by molar-refractivity contribution is 7.91. The number of halogens is 1. The first-order chi connectivity index (χ1) is 28.4. The Kier molecular flexibility index (Phi) is 11.7. The molecular formula is C44H52FN5O8S. The van der Waals surface area contributed by atoms with Crippen LogP contribution in [0.2, 0.25) is 0 Å². The first kappa shape index (κ1) is 40.7. The van der Waals surface area contributed by atoms with Crippen molar-refractivity contribution in [2.75, 3.05) is 26.7 Å². The summed E-state index contributed by atoms with van der Waals surface area (Å²) in [5, 5.41) is 2.99. The first-order valence-electron chi connectivity index (χ1n) is 20.9. The Morgan fingerprint density at radius 1 is 1.00 bits per heavy atom. The molecule has 5 aliphatic rings. The van der Waals surface area contributed by atoms with E-state index in [2.05, 4.69) is 10.0 Å². The van der Waals surface area contributed by atoms with E-state index >= 15 is 0 Å². The number of rotatable bonds is 9. The molecule has 4 fully saturated rings. The number of carbonyl (C=O) groups excluding carboxylic acids is 4. The Morgan fingerprint density at radius 3 is 2.53 bits per heavy atom. The van der Waals surface area contributed by atoms with Gasteiger partial charge in [-0.15, -0.1) is 0 Å². The fourth-order valence-corrected chi connectivity index (χ4v) is 10.1. The van der Waals surface area contributed by atoms with Gasteiger partial charge in [-0.05, 0) is 63.5 Å². The van der Waals surface area contributed by atoms with Crippen LogP contribution in [0.25, 0.3) is 22.2 Å². The minimum absolute atomic E-state index is 0.0219. The number of aromatic nitrogens is 1. The number of amides is 4. The van der Waals surface area contributed by atoms with Crippen LogP contribution in [0.3, 0.4) is 0 Å². The molecule has 1 aromatic heterocycles. The number of nitrogens with one attached hydrogen (secondary N) is 2. The molecule has 13 nitrogen and oxygen atoms in total. The molecule has 2 saturated heterocycles. The van der Waals surface area contributed by atoms with E-state index in [0.717, 1.165) is 18.4 Å². The van der Waals surface area contributed by atoms with Crippen LogP contribution >= 0.6 is 0 Å². The van der Waals surface area contributed by atoms with Gasteiger partial charge < -0.3 is 24.6 Å². The third-order valence-electron chi connectivity index (χ3n) is 12.5. The molecule has 3 aliphatic heterocycles. The molecular weight excluding hydrogens is 778 g/mol. The summed E-state index contributed by atoms with van der Waals surface area (Å²) in [5.41, 5.74) is 0.631. The van der Waals surface area contributed by atoms with Gasteiger partial charge in [0.25, 0.3) is 5.91 Å². The molecule has 0 bridgehead atoms. The zero-order valence-electron chi connectivity index (χ0n) is 33.3. The van der Waals surface area contributed by atoms with Crippen molar-refractivity contribution in [3.05, 3.63) is 66.7 Å². The summed E-state index contributed by atoms with van der Waals surface area (Å²) in [7, 11) is -2.33. The van der Waals surface area contributed by atoms with Gasteiger partial charge in [-0.2, -0.15) is 0 Å². The molecule has 59 heavy (non-hydrogen) atoms. The Balaban J connectivity index is 1.12. The van der Waals surface area contributed by atoms with Crippen LogP contribution in [0.15, 0.2) is 66.7 Å². The lowest BCUT2D eigenvalue weighted by atomic mass is 9.94. The maximum Gasteiger partial charge on any atom is 0.259 e. The van der Waals surface area contributed by atoms with Gasteiger partial charge in [0.05, 0.1) is 30.1 Å². The van der Waals surface area contributed by atoms with Crippen LogP contribution in [0.4, 0.5) is 4.39 Å². The van der Waals surface area contributed by atoms with E-state index in [0.29, 0.717) is 60.2 Å². The smallest absolute Gasteiger partial charge is 0.259 e. The van der Waals surface area contributed by atoms with Gasteiger partial charge in [0.15, 0.2) is 0 Å². The van der Waals surface area contributed by atoms with Gasteiger partial charge in [0.2, 0.25) is 27.7 Å². The number of likely N-dealkylation sites (tertiary alicyclic amines) is 1. The zero-order chi connectivity index (χ0) is 41.3. The van der Waals surface area contributed by atoms with Crippen molar-refractivity contribution in [3.8, 4) is 22.8 Å². The number of carbonyl (C=O) groups is 4. The highest BCUT2D eigenvalue weighted by atomic mass is 32.2. The fourth-order valence-electron chi connectivity index (χ4n) is 8.75. The summed E-state index contributed by atoms with van der Waals surface area (Å²) in [6, 6.07) is 15.9. The normalized spacial score (nSPS) is 26.9. The number of methoxy groups -OCH3 is 1. The van der Waals surface area contributed by atoms with Gasteiger partial charge in [-0.1, -0.05) is 55.3 Å². The second-order valence-electron chi connectivity index (χ2n) is 16.7. The van der Waals surface area contributed by atoms with Crippen LogP contribution in [-0.2, 0) is 29.2 Å². The number of fused-ring (bicyclic) bond motifs is 3. The third kappa shape index (κ3) is 8.95. The minimum atomic E-state index is -3.91. The van der Waals surface area contributed by atoms with E-state index in [4.69, 9.17) is 14.5 Å². The van der Waals surface area contributed by atoms with E-state index in [1.165, 1.54) is 4.90 Å². The quantitative estimate of drug-likeness (QED) is 0.275. The summed E-state index contributed by atoms with van der Waals surface area (Å²) in [6.07, 6.45) is 7.27. The average molecular weight is 830 g/mol. The summed E-state index contributed by atoms with van der Waals surface area (Å²) in [4.78, 5) is 65.0. The maximum absolute atomic E-state index is 14.8. The fraction of sp³-hybridized carbons (Fsp3) is 0.523. The second kappa shape index (κ2) is 16.9. The molecule has 0 spiro atoms. The summed E-state index contributed by atoms with van der Waals surface area (Å²) in [5.74, 6) is -2.03. The van der Waals surface area contributed by atoms with E-state index in [-0.39, 0.29) is 63.6 Å². The minimum Gasteiger partial charge on any atom is -0.497 e. The molecule has 2 aromatic carbocycles. The molecule has 2 aliphatic carbocycles. The molecule has 314 valence electrons. The first-order valence-corrected chi connectivity index (χ1v) is 22.5. The SMILES string of the molecule is COc1ccc2c(O[C@@H]3C[C@H]4C(=O)N[C@]5(C(=O)NS(=O)(=O)C6CC6)C[C@H]5C=CCCCCC[C@H](CC(=O)N5CCC(F)CC5)C(=O)N4C3)cc(-c3ccccc3)nc2c1. The zero-order valence-corrected chi connectivity index (χ0v) is 34.1. The van der Waals surface area contributed by atoms with Crippen molar-refractivity contribution in [3.63, 3.8) is 0 Å². The van der Waals surface area contributed by atoms with Crippen molar-refractivity contribution >= 4 is 44.6 Å². The lowest BCUT2D eigenvalue weighted by Gasteiger charge is -2.32. The number of benzene rings is 2. The van der Waals surface area contributed by atoms with Crippen LogP contribution in [0, 0.1) is 11.8 Å². The van der Waals surface area contributed by atoms with Crippen molar-refractivity contribution in [1.29, 1.82) is 0 Å². The molecule has 8 rings (SSSR count). The van der Waals surface area contributed by atoms with Crippen LogP contribution in [0.1, 0.15) is 77.0 Å².